The van der Waals surface area contributed by atoms with Crippen molar-refractivity contribution in [3.8, 4) is 16.9 Å². The third kappa shape index (κ3) is 2.02. The van der Waals surface area contributed by atoms with Gasteiger partial charge in [-0.3, -0.25) is 0 Å². The van der Waals surface area contributed by atoms with Crippen molar-refractivity contribution in [3.05, 3.63) is 52.8 Å². The van der Waals surface area contributed by atoms with E-state index in [4.69, 9.17) is 11.6 Å². The molecule has 0 spiro atoms. The summed E-state index contributed by atoms with van der Waals surface area (Å²) in [6, 6.07) is 9.63. The smallest absolute Gasteiger partial charge is 0.141 e. The largest absolute Gasteiger partial charge is 0.508 e. The quantitative estimate of drug-likeness (QED) is 0.788. The second-order valence-corrected chi connectivity index (χ2v) is 4.04. The molecule has 1 nitrogen and oxygen atoms in total. The number of aryl methyl sites for hydroxylation is 1. The fourth-order valence-electron chi connectivity index (χ4n) is 1.64. The van der Waals surface area contributed by atoms with E-state index < -0.39 is 5.82 Å². The van der Waals surface area contributed by atoms with Crippen LogP contribution in [0.15, 0.2) is 36.4 Å². The van der Waals surface area contributed by atoms with Gasteiger partial charge in [-0.2, -0.15) is 0 Å². The molecule has 0 aliphatic heterocycles. The highest BCUT2D eigenvalue weighted by molar-refractivity contribution is 6.31. The fourth-order valence-corrected chi connectivity index (χ4v) is 1.82. The molecule has 0 bridgehead atoms. The molecule has 2 aromatic rings. The monoisotopic (exact) mass is 236 g/mol. The number of benzene rings is 2. The van der Waals surface area contributed by atoms with Crippen molar-refractivity contribution in [1.29, 1.82) is 0 Å². The van der Waals surface area contributed by atoms with E-state index in [0.29, 0.717) is 0 Å². The number of hydrogen-bond acceptors (Lipinski definition) is 1. The molecule has 2 rings (SSSR count). The Kier molecular flexibility index (Phi) is 2.84. The third-order valence-corrected chi connectivity index (χ3v) is 2.73. The molecule has 0 fully saturated rings. The SMILES string of the molecule is Cc1cc(O)ccc1-c1ccc(F)c(Cl)c1. The topological polar surface area (TPSA) is 20.2 Å². The zero-order chi connectivity index (χ0) is 11.7. The van der Waals surface area contributed by atoms with Gasteiger partial charge >= 0.3 is 0 Å². The van der Waals surface area contributed by atoms with E-state index in [-0.39, 0.29) is 10.8 Å². The predicted octanol–water partition coefficient (Wildman–Crippen LogP) is 4.16. The maximum atomic E-state index is 13.0. The number of rotatable bonds is 1. The summed E-state index contributed by atoms with van der Waals surface area (Å²) < 4.78 is 13.0. The molecule has 1 N–H and O–H groups in total. The van der Waals surface area contributed by atoms with Gasteiger partial charge in [0.15, 0.2) is 0 Å². The van der Waals surface area contributed by atoms with Crippen LogP contribution in [0.3, 0.4) is 0 Å². The summed E-state index contributed by atoms with van der Waals surface area (Å²) in [6.07, 6.45) is 0. The summed E-state index contributed by atoms with van der Waals surface area (Å²) in [6.45, 7) is 1.88. The van der Waals surface area contributed by atoms with E-state index in [1.54, 1.807) is 30.3 Å². The maximum Gasteiger partial charge on any atom is 0.141 e. The lowest BCUT2D eigenvalue weighted by Crippen LogP contribution is -1.84. The van der Waals surface area contributed by atoms with Gasteiger partial charge in [-0.25, -0.2) is 4.39 Å². The van der Waals surface area contributed by atoms with Crippen LogP contribution >= 0.6 is 11.6 Å². The Labute approximate surface area is 98.1 Å². The summed E-state index contributed by atoms with van der Waals surface area (Å²) in [5.74, 6) is -0.212. The first-order valence-corrected chi connectivity index (χ1v) is 5.21. The van der Waals surface area contributed by atoms with Gasteiger partial charge in [0.05, 0.1) is 5.02 Å². The van der Waals surface area contributed by atoms with Crippen molar-refractivity contribution in [3.63, 3.8) is 0 Å². The maximum absolute atomic E-state index is 13.0. The van der Waals surface area contributed by atoms with Crippen molar-refractivity contribution < 1.29 is 9.50 Å². The van der Waals surface area contributed by atoms with E-state index in [1.807, 2.05) is 6.92 Å². The number of halogens is 2. The first-order chi connectivity index (χ1) is 7.58. The molecule has 0 saturated heterocycles. The Bertz CT molecular complexity index is 537. The van der Waals surface area contributed by atoms with E-state index in [2.05, 4.69) is 0 Å². The Balaban J connectivity index is 2.54. The zero-order valence-electron chi connectivity index (χ0n) is 8.67. The van der Waals surface area contributed by atoms with E-state index in [0.717, 1.165) is 16.7 Å². The summed E-state index contributed by atoms with van der Waals surface area (Å²) >= 11 is 5.72. The highest BCUT2D eigenvalue weighted by atomic mass is 35.5. The molecule has 2 aromatic carbocycles. The van der Waals surface area contributed by atoms with Crippen LogP contribution in [0.5, 0.6) is 5.75 Å². The van der Waals surface area contributed by atoms with E-state index in [9.17, 15) is 9.50 Å². The summed E-state index contributed by atoms with van der Waals surface area (Å²) in [5, 5.41) is 9.40. The molecular formula is C13H10ClFO. The lowest BCUT2D eigenvalue weighted by atomic mass is 10.0. The standard InChI is InChI=1S/C13H10ClFO/c1-8-6-10(16)3-4-11(8)9-2-5-13(15)12(14)7-9/h2-7,16H,1H3. The summed E-state index contributed by atoms with van der Waals surface area (Å²) in [7, 11) is 0. The molecule has 16 heavy (non-hydrogen) atoms. The van der Waals surface area contributed by atoms with Gasteiger partial charge in [-0.1, -0.05) is 23.7 Å². The van der Waals surface area contributed by atoms with Crippen molar-refractivity contribution in [2.45, 2.75) is 6.92 Å². The number of hydrogen-bond donors (Lipinski definition) is 1. The highest BCUT2D eigenvalue weighted by Crippen LogP contribution is 2.29. The normalized spacial score (nSPS) is 10.4. The molecule has 0 saturated carbocycles. The molecule has 0 aliphatic rings. The van der Waals surface area contributed by atoms with E-state index in [1.165, 1.54) is 6.07 Å². The van der Waals surface area contributed by atoms with Crippen LogP contribution in [-0.2, 0) is 0 Å². The number of phenolic OH excluding ortho intramolecular Hbond substituents is 1. The van der Waals surface area contributed by atoms with Gasteiger partial charge in [0.25, 0.3) is 0 Å². The summed E-state index contributed by atoms with van der Waals surface area (Å²) in [4.78, 5) is 0. The molecule has 0 amide bonds. The molecule has 0 aromatic heterocycles. The Morgan fingerprint density at radius 3 is 2.50 bits per heavy atom. The van der Waals surface area contributed by atoms with Gasteiger partial charge in [0, 0.05) is 0 Å². The fraction of sp³-hybridized carbons (Fsp3) is 0.0769. The molecule has 0 heterocycles. The van der Waals surface area contributed by atoms with Gasteiger partial charge < -0.3 is 5.11 Å². The minimum Gasteiger partial charge on any atom is -0.508 e. The Hall–Kier alpha value is -1.54. The molecule has 0 atom stereocenters. The predicted molar refractivity (Wildman–Crippen MR) is 63.2 cm³/mol. The van der Waals surface area contributed by atoms with E-state index >= 15 is 0 Å². The molecule has 0 unspecified atom stereocenters. The lowest BCUT2D eigenvalue weighted by Gasteiger charge is -2.07. The minimum absolute atomic E-state index is 0.102. The van der Waals surface area contributed by atoms with Crippen molar-refractivity contribution >= 4 is 11.6 Å². The number of aromatic hydroxyl groups is 1. The second-order valence-electron chi connectivity index (χ2n) is 3.63. The molecule has 82 valence electrons. The average Bonchev–Trinajstić information content (AvgIpc) is 2.22. The van der Waals surface area contributed by atoms with Crippen molar-refractivity contribution in [2.75, 3.05) is 0 Å². The lowest BCUT2D eigenvalue weighted by molar-refractivity contribution is 0.475. The molecule has 0 radical (unpaired) electrons. The first-order valence-electron chi connectivity index (χ1n) is 4.83. The third-order valence-electron chi connectivity index (χ3n) is 2.44. The minimum atomic E-state index is -0.429. The summed E-state index contributed by atoms with van der Waals surface area (Å²) in [5.41, 5.74) is 2.69. The molecule has 0 aliphatic carbocycles. The zero-order valence-corrected chi connectivity index (χ0v) is 9.42. The second kappa shape index (κ2) is 4.14. The molecular weight excluding hydrogens is 227 g/mol. The highest BCUT2D eigenvalue weighted by Gasteiger charge is 2.05. The van der Waals surface area contributed by atoms with Crippen LogP contribution in [0.4, 0.5) is 4.39 Å². The Morgan fingerprint density at radius 2 is 1.88 bits per heavy atom. The van der Waals surface area contributed by atoms with Crippen LogP contribution in [0.2, 0.25) is 5.02 Å². The van der Waals surface area contributed by atoms with Crippen LogP contribution in [0.25, 0.3) is 11.1 Å². The van der Waals surface area contributed by atoms with Gasteiger partial charge in [-0.05, 0) is 47.9 Å². The van der Waals surface area contributed by atoms with Crippen molar-refractivity contribution in [2.24, 2.45) is 0 Å². The van der Waals surface area contributed by atoms with Crippen LogP contribution < -0.4 is 0 Å². The van der Waals surface area contributed by atoms with Crippen LogP contribution in [0, 0.1) is 12.7 Å². The van der Waals surface area contributed by atoms with Crippen LogP contribution in [0.1, 0.15) is 5.56 Å². The Morgan fingerprint density at radius 1 is 1.12 bits per heavy atom. The number of phenols is 1. The van der Waals surface area contributed by atoms with Gasteiger partial charge in [0.1, 0.15) is 11.6 Å². The molecule has 3 heteroatoms. The van der Waals surface area contributed by atoms with Crippen LogP contribution in [-0.4, -0.2) is 5.11 Å². The first kappa shape index (κ1) is 11.0. The van der Waals surface area contributed by atoms with Crippen molar-refractivity contribution in [1.82, 2.24) is 0 Å². The average molecular weight is 237 g/mol. The van der Waals surface area contributed by atoms with Gasteiger partial charge in [-0.15, -0.1) is 0 Å². The van der Waals surface area contributed by atoms with Gasteiger partial charge in [0.2, 0.25) is 0 Å².